The molecule has 0 aromatic heterocycles. The van der Waals surface area contributed by atoms with Crippen molar-refractivity contribution in [3.63, 3.8) is 0 Å². The van der Waals surface area contributed by atoms with Crippen molar-refractivity contribution >= 4 is 27.5 Å². The van der Waals surface area contributed by atoms with Gasteiger partial charge in [0.05, 0.1) is 10.6 Å². The van der Waals surface area contributed by atoms with Gasteiger partial charge >= 0.3 is 6.18 Å². The van der Waals surface area contributed by atoms with Gasteiger partial charge in [-0.05, 0) is 35.9 Å². The molecule has 0 heterocycles. The summed E-state index contributed by atoms with van der Waals surface area (Å²) < 4.78 is 64.6. The smallest absolute Gasteiger partial charge is 0.366 e. The average molecular weight is 407 g/mol. The molecule has 0 unspecified atom stereocenters. The van der Waals surface area contributed by atoms with Gasteiger partial charge in [-0.2, -0.15) is 17.5 Å². The number of hydrogen-bond acceptors (Lipinski definition) is 3. The van der Waals surface area contributed by atoms with Gasteiger partial charge in [0.15, 0.2) is 0 Å². The van der Waals surface area contributed by atoms with Crippen molar-refractivity contribution in [3.8, 4) is 0 Å². The van der Waals surface area contributed by atoms with Gasteiger partial charge in [0, 0.05) is 19.2 Å². The third-order valence-corrected chi connectivity index (χ3v) is 5.88. The standard InChI is InChI=1S/C16H14ClF3N2O3S/c1-22(9-10-2-4-11(5-3-10)15(21)23)26(24,25)14-8-12(16(18,19)20)6-7-13(14)17/h2-8H,9H2,1H3,(H2,21,23). The Kier molecular flexibility index (Phi) is 5.64. The van der Waals surface area contributed by atoms with Crippen molar-refractivity contribution in [2.45, 2.75) is 17.6 Å². The Bertz CT molecular complexity index is 929. The highest BCUT2D eigenvalue weighted by Crippen LogP contribution is 2.34. The van der Waals surface area contributed by atoms with Crippen LogP contribution in [0.5, 0.6) is 0 Å². The minimum absolute atomic E-state index is 0.131. The van der Waals surface area contributed by atoms with Gasteiger partial charge in [-0.3, -0.25) is 4.79 Å². The molecule has 0 radical (unpaired) electrons. The molecule has 0 saturated heterocycles. The van der Waals surface area contributed by atoms with Crippen LogP contribution in [0.4, 0.5) is 13.2 Å². The lowest BCUT2D eigenvalue weighted by atomic mass is 10.1. The van der Waals surface area contributed by atoms with Gasteiger partial charge in [-0.1, -0.05) is 23.7 Å². The number of alkyl halides is 3. The number of nitrogens with two attached hydrogens (primary N) is 1. The van der Waals surface area contributed by atoms with E-state index in [1.165, 1.54) is 31.3 Å². The molecule has 140 valence electrons. The Hall–Kier alpha value is -2.10. The van der Waals surface area contributed by atoms with Crippen molar-refractivity contribution in [2.24, 2.45) is 5.73 Å². The number of amides is 1. The lowest BCUT2D eigenvalue weighted by Crippen LogP contribution is -2.27. The first-order chi connectivity index (χ1) is 11.9. The molecule has 0 atom stereocenters. The number of sulfonamides is 1. The van der Waals surface area contributed by atoms with Crippen molar-refractivity contribution in [1.82, 2.24) is 4.31 Å². The molecule has 0 aliphatic rings. The quantitative estimate of drug-likeness (QED) is 0.827. The first-order valence-corrected chi connectivity index (χ1v) is 8.96. The van der Waals surface area contributed by atoms with Crippen LogP contribution in [0.25, 0.3) is 0 Å². The zero-order valence-corrected chi connectivity index (χ0v) is 15.0. The Labute approximate surface area is 153 Å². The van der Waals surface area contributed by atoms with Crippen LogP contribution in [0.15, 0.2) is 47.4 Å². The summed E-state index contributed by atoms with van der Waals surface area (Å²) in [6.07, 6.45) is -4.70. The maximum absolute atomic E-state index is 12.8. The van der Waals surface area contributed by atoms with E-state index in [-0.39, 0.29) is 17.1 Å². The molecule has 5 nitrogen and oxygen atoms in total. The summed E-state index contributed by atoms with van der Waals surface area (Å²) >= 11 is 5.81. The minimum Gasteiger partial charge on any atom is -0.366 e. The van der Waals surface area contributed by atoms with E-state index < -0.39 is 32.6 Å². The van der Waals surface area contributed by atoms with Gasteiger partial charge in [-0.15, -0.1) is 0 Å². The summed E-state index contributed by atoms with van der Waals surface area (Å²) in [6.45, 7) is -0.131. The fraction of sp³-hybridized carbons (Fsp3) is 0.188. The highest BCUT2D eigenvalue weighted by atomic mass is 35.5. The van der Waals surface area contributed by atoms with Crippen LogP contribution in [0.3, 0.4) is 0 Å². The molecular formula is C16H14ClF3N2O3S. The van der Waals surface area contributed by atoms with Crippen LogP contribution < -0.4 is 5.73 Å². The summed E-state index contributed by atoms with van der Waals surface area (Å²) in [7, 11) is -3.05. The predicted molar refractivity (Wildman–Crippen MR) is 90.1 cm³/mol. The van der Waals surface area contributed by atoms with Crippen molar-refractivity contribution in [2.75, 3.05) is 7.05 Å². The Balaban J connectivity index is 2.33. The number of primary amides is 1. The maximum atomic E-state index is 12.8. The second kappa shape index (κ2) is 7.26. The van der Waals surface area contributed by atoms with E-state index >= 15 is 0 Å². The topological polar surface area (TPSA) is 80.5 Å². The number of rotatable bonds is 5. The van der Waals surface area contributed by atoms with Gasteiger partial charge in [-0.25, -0.2) is 8.42 Å². The molecule has 26 heavy (non-hydrogen) atoms. The number of benzene rings is 2. The molecule has 2 rings (SSSR count). The molecule has 0 aliphatic carbocycles. The molecule has 2 aromatic rings. The highest BCUT2D eigenvalue weighted by molar-refractivity contribution is 7.89. The molecule has 10 heteroatoms. The molecule has 0 saturated carbocycles. The van der Waals surface area contributed by atoms with Gasteiger partial charge in [0.2, 0.25) is 15.9 Å². The van der Waals surface area contributed by atoms with Crippen LogP contribution in [-0.2, 0) is 22.7 Å². The lowest BCUT2D eigenvalue weighted by Gasteiger charge is -2.19. The fourth-order valence-corrected chi connectivity index (χ4v) is 3.82. The van der Waals surface area contributed by atoms with E-state index in [1.807, 2.05) is 0 Å². The van der Waals surface area contributed by atoms with E-state index in [2.05, 4.69) is 0 Å². The van der Waals surface area contributed by atoms with Crippen LogP contribution in [0, 0.1) is 0 Å². The Morgan fingerprint density at radius 1 is 1.15 bits per heavy atom. The summed E-state index contributed by atoms with van der Waals surface area (Å²) in [5, 5.41) is -0.311. The summed E-state index contributed by atoms with van der Waals surface area (Å²) in [5.74, 6) is -0.631. The largest absolute Gasteiger partial charge is 0.416 e. The van der Waals surface area contributed by atoms with Gasteiger partial charge < -0.3 is 5.73 Å². The third-order valence-electron chi connectivity index (χ3n) is 3.59. The number of hydrogen-bond donors (Lipinski definition) is 1. The van der Waals surface area contributed by atoms with E-state index in [0.717, 1.165) is 10.4 Å². The highest BCUT2D eigenvalue weighted by Gasteiger charge is 2.33. The zero-order valence-electron chi connectivity index (χ0n) is 13.4. The zero-order chi connectivity index (χ0) is 19.7. The predicted octanol–water partition coefficient (Wildman–Crippen LogP) is 3.28. The molecule has 0 aliphatic heterocycles. The second-order valence-electron chi connectivity index (χ2n) is 5.47. The van der Waals surface area contributed by atoms with Crippen molar-refractivity contribution in [1.29, 1.82) is 0 Å². The van der Waals surface area contributed by atoms with Crippen LogP contribution in [0.1, 0.15) is 21.5 Å². The van der Waals surface area contributed by atoms with Crippen LogP contribution in [-0.4, -0.2) is 25.7 Å². The summed E-state index contributed by atoms with van der Waals surface area (Å²) in [6, 6.07) is 7.96. The maximum Gasteiger partial charge on any atom is 0.416 e. The Morgan fingerprint density at radius 2 is 1.73 bits per heavy atom. The van der Waals surface area contributed by atoms with Gasteiger partial charge in [0.1, 0.15) is 4.90 Å². The van der Waals surface area contributed by atoms with Gasteiger partial charge in [0.25, 0.3) is 0 Å². The summed E-state index contributed by atoms with van der Waals surface area (Å²) in [4.78, 5) is 10.4. The Morgan fingerprint density at radius 3 is 2.23 bits per heavy atom. The lowest BCUT2D eigenvalue weighted by molar-refractivity contribution is -0.137. The monoisotopic (exact) mass is 406 g/mol. The number of nitrogens with zero attached hydrogens (tertiary/aromatic N) is 1. The SMILES string of the molecule is CN(Cc1ccc(C(N)=O)cc1)S(=O)(=O)c1cc(C(F)(F)F)ccc1Cl. The van der Waals surface area contributed by atoms with Crippen LogP contribution in [0.2, 0.25) is 5.02 Å². The van der Waals surface area contributed by atoms with E-state index in [0.29, 0.717) is 17.7 Å². The molecule has 1 amide bonds. The normalized spacial score (nSPS) is 12.4. The van der Waals surface area contributed by atoms with Crippen molar-refractivity contribution < 1.29 is 26.4 Å². The average Bonchev–Trinajstić information content (AvgIpc) is 2.54. The molecule has 0 bridgehead atoms. The molecule has 0 spiro atoms. The third kappa shape index (κ3) is 4.35. The van der Waals surface area contributed by atoms with E-state index in [9.17, 15) is 26.4 Å². The second-order valence-corrected chi connectivity index (χ2v) is 7.89. The number of carbonyl (C=O) groups excluding carboxylic acids is 1. The van der Waals surface area contributed by atoms with Crippen molar-refractivity contribution in [3.05, 3.63) is 64.2 Å². The minimum atomic E-state index is -4.70. The van der Waals surface area contributed by atoms with E-state index in [1.54, 1.807) is 0 Å². The van der Waals surface area contributed by atoms with Crippen LogP contribution >= 0.6 is 11.6 Å². The molecular weight excluding hydrogens is 393 g/mol. The number of halogens is 4. The fourth-order valence-electron chi connectivity index (χ4n) is 2.16. The number of carbonyl (C=O) groups is 1. The molecule has 2 aromatic carbocycles. The first-order valence-electron chi connectivity index (χ1n) is 7.15. The first kappa shape index (κ1) is 20.2. The molecule has 2 N–H and O–H groups in total. The summed E-state index contributed by atoms with van der Waals surface area (Å²) in [5.41, 5.74) is 4.78. The molecule has 0 fully saturated rings. The van der Waals surface area contributed by atoms with E-state index in [4.69, 9.17) is 17.3 Å².